The molecule has 3 heteroatoms. The summed E-state index contributed by atoms with van der Waals surface area (Å²) in [6, 6.07) is 13.0. The second kappa shape index (κ2) is 5.42. The number of ether oxygens (including phenoxy) is 1. The molecule has 0 aromatic heterocycles. The minimum Gasteiger partial charge on any atom is -0.456 e. The molecule has 0 saturated carbocycles. The molecule has 0 aliphatic carbocycles. The van der Waals surface area contributed by atoms with E-state index in [0.717, 1.165) is 11.1 Å². The zero-order valence-corrected chi connectivity index (χ0v) is 11.1. The molecule has 0 saturated heterocycles. The summed E-state index contributed by atoms with van der Waals surface area (Å²) in [4.78, 5) is 0. The summed E-state index contributed by atoms with van der Waals surface area (Å²) >= 11 is 6.10. The molecule has 2 aromatic carbocycles. The quantitative estimate of drug-likeness (QED) is 0.883. The highest BCUT2D eigenvalue weighted by molar-refractivity contribution is 6.32. The van der Waals surface area contributed by atoms with Crippen LogP contribution in [0.5, 0.6) is 11.5 Å². The van der Waals surface area contributed by atoms with Crippen LogP contribution in [0.4, 0.5) is 0 Å². The van der Waals surface area contributed by atoms with Gasteiger partial charge in [0.2, 0.25) is 0 Å². The van der Waals surface area contributed by atoms with Crippen molar-refractivity contribution in [2.75, 3.05) is 0 Å². The predicted octanol–water partition coefficient (Wildman–Crippen LogP) is 4.49. The average molecular weight is 263 g/mol. The predicted molar refractivity (Wildman–Crippen MR) is 73.3 cm³/mol. The fraction of sp³-hybridized carbons (Fsp3) is 0.200. The first kappa shape index (κ1) is 12.9. The van der Waals surface area contributed by atoms with E-state index in [1.165, 1.54) is 0 Å². The molecular formula is C15H15ClO2. The fourth-order valence-corrected chi connectivity index (χ4v) is 1.90. The van der Waals surface area contributed by atoms with Crippen LogP contribution in [0, 0.1) is 6.92 Å². The van der Waals surface area contributed by atoms with E-state index in [2.05, 4.69) is 0 Å². The van der Waals surface area contributed by atoms with Crippen molar-refractivity contribution in [3.05, 3.63) is 58.6 Å². The van der Waals surface area contributed by atoms with Crippen LogP contribution in [0.1, 0.15) is 24.2 Å². The molecule has 1 N–H and O–H groups in total. The van der Waals surface area contributed by atoms with Gasteiger partial charge in [-0.1, -0.05) is 29.8 Å². The molecule has 2 nitrogen and oxygen atoms in total. The van der Waals surface area contributed by atoms with E-state index in [-0.39, 0.29) is 0 Å². The summed E-state index contributed by atoms with van der Waals surface area (Å²) in [6.45, 7) is 3.71. The molecule has 2 aromatic rings. The first-order chi connectivity index (χ1) is 8.56. The minimum atomic E-state index is -0.470. The van der Waals surface area contributed by atoms with Crippen LogP contribution >= 0.6 is 11.6 Å². The van der Waals surface area contributed by atoms with Gasteiger partial charge in [-0.2, -0.15) is 0 Å². The summed E-state index contributed by atoms with van der Waals surface area (Å²) in [5.41, 5.74) is 1.95. The van der Waals surface area contributed by atoms with Crippen LogP contribution in [0.25, 0.3) is 0 Å². The second-order valence-corrected chi connectivity index (χ2v) is 4.69. The Bertz CT molecular complexity index is 533. The summed E-state index contributed by atoms with van der Waals surface area (Å²) in [7, 11) is 0. The first-order valence-electron chi connectivity index (χ1n) is 5.78. The molecule has 0 bridgehead atoms. The Morgan fingerprint density at radius 3 is 2.33 bits per heavy atom. The van der Waals surface area contributed by atoms with Crippen LogP contribution in [-0.2, 0) is 0 Å². The molecule has 0 radical (unpaired) electrons. The van der Waals surface area contributed by atoms with Gasteiger partial charge in [0.05, 0.1) is 11.1 Å². The van der Waals surface area contributed by atoms with Crippen LogP contribution in [-0.4, -0.2) is 5.11 Å². The number of aliphatic hydroxyl groups excluding tert-OH is 1. The van der Waals surface area contributed by atoms with Crippen molar-refractivity contribution in [1.82, 2.24) is 0 Å². The van der Waals surface area contributed by atoms with Gasteiger partial charge in [-0.25, -0.2) is 0 Å². The van der Waals surface area contributed by atoms with Crippen LogP contribution < -0.4 is 4.74 Å². The first-order valence-corrected chi connectivity index (χ1v) is 6.16. The third kappa shape index (κ3) is 3.03. The third-order valence-electron chi connectivity index (χ3n) is 2.68. The maximum absolute atomic E-state index is 9.42. The van der Waals surface area contributed by atoms with Crippen molar-refractivity contribution in [3.8, 4) is 11.5 Å². The van der Waals surface area contributed by atoms with Gasteiger partial charge in [0, 0.05) is 0 Å². The second-order valence-electron chi connectivity index (χ2n) is 4.28. The van der Waals surface area contributed by atoms with E-state index in [1.807, 2.05) is 49.4 Å². The molecule has 0 aliphatic rings. The number of aliphatic hydroxyl groups is 1. The van der Waals surface area contributed by atoms with E-state index in [0.29, 0.717) is 16.5 Å². The van der Waals surface area contributed by atoms with Crippen molar-refractivity contribution in [3.63, 3.8) is 0 Å². The Hall–Kier alpha value is -1.51. The van der Waals surface area contributed by atoms with Gasteiger partial charge >= 0.3 is 0 Å². The van der Waals surface area contributed by atoms with Gasteiger partial charge < -0.3 is 9.84 Å². The highest BCUT2D eigenvalue weighted by atomic mass is 35.5. The topological polar surface area (TPSA) is 29.5 Å². The van der Waals surface area contributed by atoms with Crippen LogP contribution in [0.2, 0.25) is 5.02 Å². The summed E-state index contributed by atoms with van der Waals surface area (Å²) in [5.74, 6) is 1.33. The van der Waals surface area contributed by atoms with Crippen molar-refractivity contribution in [2.24, 2.45) is 0 Å². The largest absolute Gasteiger partial charge is 0.456 e. The molecule has 0 amide bonds. The number of halogens is 1. The van der Waals surface area contributed by atoms with Gasteiger partial charge in [0.15, 0.2) is 0 Å². The molecule has 18 heavy (non-hydrogen) atoms. The molecule has 0 fully saturated rings. The summed E-state index contributed by atoms with van der Waals surface area (Å²) in [6.07, 6.45) is -0.470. The lowest BCUT2D eigenvalue weighted by Crippen LogP contribution is -1.91. The Labute approximate surface area is 112 Å². The molecule has 0 unspecified atom stereocenters. The molecule has 94 valence electrons. The summed E-state index contributed by atoms with van der Waals surface area (Å²) < 4.78 is 5.69. The fourth-order valence-electron chi connectivity index (χ4n) is 1.63. The number of benzene rings is 2. The lowest BCUT2D eigenvalue weighted by Gasteiger charge is -2.09. The van der Waals surface area contributed by atoms with Gasteiger partial charge in [-0.3, -0.25) is 0 Å². The van der Waals surface area contributed by atoms with Gasteiger partial charge in [-0.05, 0) is 49.2 Å². The maximum Gasteiger partial charge on any atom is 0.146 e. The van der Waals surface area contributed by atoms with E-state index >= 15 is 0 Å². The molecular weight excluding hydrogens is 248 g/mol. The number of hydrogen-bond donors (Lipinski definition) is 1. The van der Waals surface area contributed by atoms with Crippen molar-refractivity contribution < 1.29 is 9.84 Å². The zero-order chi connectivity index (χ0) is 13.1. The monoisotopic (exact) mass is 262 g/mol. The number of aryl methyl sites for hydroxylation is 1. The smallest absolute Gasteiger partial charge is 0.146 e. The Kier molecular flexibility index (Phi) is 3.90. The number of hydrogen-bond acceptors (Lipinski definition) is 2. The van der Waals surface area contributed by atoms with Gasteiger partial charge in [-0.15, -0.1) is 0 Å². The van der Waals surface area contributed by atoms with Crippen LogP contribution in [0.3, 0.4) is 0 Å². The van der Waals surface area contributed by atoms with Gasteiger partial charge in [0.1, 0.15) is 11.5 Å². The summed E-state index contributed by atoms with van der Waals surface area (Å²) in [5, 5.41) is 10.0. The zero-order valence-electron chi connectivity index (χ0n) is 10.4. The lowest BCUT2D eigenvalue weighted by molar-refractivity contribution is 0.199. The Morgan fingerprint density at radius 1 is 1.11 bits per heavy atom. The van der Waals surface area contributed by atoms with E-state index in [4.69, 9.17) is 16.3 Å². The van der Waals surface area contributed by atoms with Crippen LogP contribution in [0.15, 0.2) is 42.5 Å². The van der Waals surface area contributed by atoms with E-state index in [1.54, 1.807) is 6.92 Å². The Balaban J connectivity index is 2.18. The average Bonchev–Trinajstić information content (AvgIpc) is 2.33. The van der Waals surface area contributed by atoms with Gasteiger partial charge in [0.25, 0.3) is 0 Å². The normalized spacial score (nSPS) is 12.2. The number of rotatable bonds is 3. The lowest BCUT2D eigenvalue weighted by atomic mass is 10.1. The SMILES string of the molecule is Cc1ccc(Oc2ccc([C@@H](C)O)cc2)c(Cl)c1. The third-order valence-corrected chi connectivity index (χ3v) is 2.97. The molecule has 0 spiro atoms. The molecule has 1 atom stereocenters. The highest BCUT2D eigenvalue weighted by Gasteiger charge is 2.04. The van der Waals surface area contributed by atoms with Crippen molar-refractivity contribution in [2.45, 2.75) is 20.0 Å². The van der Waals surface area contributed by atoms with E-state index < -0.39 is 6.10 Å². The Morgan fingerprint density at radius 2 is 1.78 bits per heavy atom. The van der Waals surface area contributed by atoms with Crippen molar-refractivity contribution in [1.29, 1.82) is 0 Å². The van der Waals surface area contributed by atoms with E-state index in [9.17, 15) is 5.11 Å². The molecule has 2 rings (SSSR count). The van der Waals surface area contributed by atoms with Crippen molar-refractivity contribution >= 4 is 11.6 Å². The maximum atomic E-state index is 9.42. The minimum absolute atomic E-state index is 0.470. The molecule has 0 heterocycles. The standard InChI is InChI=1S/C15H15ClO2/c1-10-3-8-15(14(16)9-10)18-13-6-4-12(5-7-13)11(2)17/h3-9,11,17H,1-2H3/t11-/m1/s1. The highest BCUT2D eigenvalue weighted by Crippen LogP contribution is 2.30. The molecule has 0 aliphatic heterocycles.